The number of aliphatic hydroxyl groups is 1. The van der Waals surface area contributed by atoms with Crippen molar-refractivity contribution in [1.29, 1.82) is 0 Å². The van der Waals surface area contributed by atoms with E-state index in [1.807, 2.05) is 50.3 Å². The number of rotatable bonds is 11. The van der Waals surface area contributed by atoms with Crippen molar-refractivity contribution < 1.29 is 24.1 Å². The molecule has 33 heavy (non-hydrogen) atoms. The summed E-state index contributed by atoms with van der Waals surface area (Å²) in [6, 6.07) is 7.67. The molecule has 1 saturated heterocycles. The molecule has 1 aromatic carbocycles. The number of esters is 1. The van der Waals surface area contributed by atoms with Crippen molar-refractivity contribution in [3.05, 3.63) is 41.7 Å². The van der Waals surface area contributed by atoms with Gasteiger partial charge in [-0.2, -0.15) is 0 Å². The van der Waals surface area contributed by atoms with E-state index >= 15 is 0 Å². The molecule has 1 N–H and O–H groups in total. The first kappa shape index (κ1) is 25.3. The molecule has 1 unspecified atom stereocenters. The number of benzene rings is 1. The largest absolute Gasteiger partial charge is 0.469 e. The molecule has 0 aliphatic carbocycles. The number of aromatic nitrogens is 2. The summed E-state index contributed by atoms with van der Waals surface area (Å²) in [7, 11) is 1.39. The van der Waals surface area contributed by atoms with Crippen molar-refractivity contribution >= 4 is 23.1 Å². The van der Waals surface area contributed by atoms with Crippen LogP contribution in [0.15, 0.2) is 30.3 Å². The molecule has 0 radical (unpaired) electrons. The predicted octanol–water partition coefficient (Wildman–Crippen LogP) is 5.12. The average molecular weight is 457 g/mol. The minimum absolute atomic E-state index is 0.188. The van der Waals surface area contributed by atoms with Crippen LogP contribution in [0.25, 0.3) is 17.1 Å². The zero-order valence-electron chi connectivity index (χ0n) is 20.1. The topological polar surface area (TPSA) is 90.8 Å². The number of para-hydroxylation sites is 2. The Labute approximate surface area is 196 Å². The van der Waals surface area contributed by atoms with Crippen LogP contribution in [-0.2, 0) is 19.0 Å². The lowest BCUT2D eigenvalue weighted by atomic mass is 10.0. The van der Waals surface area contributed by atoms with Crippen molar-refractivity contribution in [2.45, 2.75) is 89.8 Å². The molecular formula is C26H36N2O5. The smallest absolute Gasteiger partial charge is 0.305 e. The Morgan fingerprint density at radius 1 is 1.18 bits per heavy atom. The van der Waals surface area contributed by atoms with Crippen LogP contribution in [0.2, 0.25) is 0 Å². The first-order valence-electron chi connectivity index (χ1n) is 11.9. The van der Waals surface area contributed by atoms with Gasteiger partial charge in [-0.3, -0.25) is 4.79 Å². The molecule has 1 aliphatic heterocycles. The van der Waals surface area contributed by atoms with Crippen LogP contribution < -0.4 is 0 Å². The monoisotopic (exact) mass is 456 g/mol. The summed E-state index contributed by atoms with van der Waals surface area (Å²) < 4.78 is 16.9. The van der Waals surface area contributed by atoms with Crippen LogP contribution >= 0.6 is 0 Å². The number of carbonyl (C=O) groups is 1. The van der Waals surface area contributed by atoms with Gasteiger partial charge in [-0.1, -0.05) is 44.4 Å². The fraction of sp³-hybridized carbons (Fsp3) is 0.577. The van der Waals surface area contributed by atoms with Crippen molar-refractivity contribution in [3.8, 4) is 0 Å². The van der Waals surface area contributed by atoms with E-state index in [1.54, 1.807) is 0 Å². The minimum atomic E-state index is -0.720. The van der Waals surface area contributed by atoms with Crippen LogP contribution in [0.3, 0.4) is 0 Å². The fourth-order valence-corrected chi connectivity index (χ4v) is 4.10. The van der Waals surface area contributed by atoms with Crippen LogP contribution in [0.4, 0.5) is 0 Å². The first-order valence-corrected chi connectivity index (χ1v) is 11.9. The third-order valence-electron chi connectivity index (χ3n) is 5.79. The number of hydrogen-bond acceptors (Lipinski definition) is 7. The molecule has 0 bridgehead atoms. The van der Waals surface area contributed by atoms with E-state index in [4.69, 9.17) is 24.2 Å². The minimum Gasteiger partial charge on any atom is -0.469 e. The van der Waals surface area contributed by atoms with Crippen molar-refractivity contribution in [2.75, 3.05) is 7.11 Å². The molecule has 7 nitrogen and oxygen atoms in total. The molecule has 2 aromatic rings. The van der Waals surface area contributed by atoms with Crippen LogP contribution in [0.5, 0.6) is 0 Å². The Morgan fingerprint density at radius 3 is 2.61 bits per heavy atom. The lowest BCUT2D eigenvalue weighted by molar-refractivity contribution is -0.144. The molecule has 0 spiro atoms. The lowest BCUT2D eigenvalue weighted by Crippen LogP contribution is -2.21. The van der Waals surface area contributed by atoms with Crippen molar-refractivity contribution in [2.24, 2.45) is 0 Å². The number of nitrogens with zero attached hydrogens (tertiary/aromatic N) is 2. The average Bonchev–Trinajstić information content (AvgIpc) is 3.10. The number of unbranched alkanes of at least 4 members (excludes halogenated alkanes) is 2. The van der Waals surface area contributed by atoms with E-state index in [2.05, 4.69) is 6.92 Å². The molecular weight excluding hydrogens is 420 g/mol. The van der Waals surface area contributed by atoms with E-state index < -0.39 is 11.9 Å². The van der Waals surface area contributed by atoms with Gasteiger partial charge in [0.05, 0.1) is 41.7 Å². The molecule has 0 saturated carbocycles. The van der Waals surface area contributed by atoms with Crippen molar-refractivity contribution in [3.63, 3.8) is 0 Å². The van der Waals surface area contributed by atoms with Gasteiger partial charge in [-0.05, 0) is 51.3 Å². The van der Waals surface area contributed by atoms with Gasteiger partial charge in [-0.15, -0.1) is 0 Å². The number of ether oxygens (including phenoxy) is 3. The fourth-order valence-electron chi connectivity index (χ4n) is 4.10. The highest BCUT2D eigenvalue weighted by molar-refractivity contribution is 5.75. The van der Waals surface area contributed by atoms with Gasteiger partial charge in [0, 0.05) is 6.42 Å². The standard InChI is InChI=1S/C26H36N2O5/c1-5-6-7-13-21(29)25-20(27-18-11-8-9-12-19(18)28-25)16-17-23-22(32-26(2,3)33-23)14-10-15-24(30)31-4/h8-9,11-12,16-17,21-23,29H,5-7,10,13-15H2,1-4H3/b17-16+/t21?,22-,23+/m0/s1. The van der Waals surface area contributed by atoms with Gasteiger partial charge in [0.2, 0.25) is 0 Å². The second-order valence-corrected chi connectivity index (χ2v) is 8.96. The second kappa shape index (κ2) is 11.7. The summed E-state index contributed by atoms with van der Waals surface area (Å²) >= 11 is 0. The van der Waals surface area contributed by atoms with E-state index in [0.29, 0.717) is 37.1 Å². The van der Waals surface area contributed by atoms with E-state index in [-0.39, 0.29) is 18.2 Å². The number of aliphatic hydroxyl groups excluding tert-OH is 1. The first-order chi connectivity index (χ1) is 15.8. The summed E-state index contributed by atoms with van der Waals surface area (Å²) in [4.78, 5) is 21.0. The molecule has 1 aliphatic rings. The molecule has 2 heterocycles. The normalized spacial score (nSPS) is 21.0. The number of carbonyl (C=O) groups excluding carboxylic acids is 1. The van der Waals surface area contributed by atoms with Gasteiger partial charge in [-0.25, -0.2) is 9.97 Å². The Hall–Kier alpha value is -2.35. The van der Waals surface area contributed by atoms with Crippen LogP contribution in [0, 0.1) is 0 Å². The Bertz CT molecular complexity index is 959. The van der Waals surface area contributed by atoms with E-state index in [0.717, 1.165) is 30.3 Å². The Kier molecular flexibility index (Phi) is 8.95. The summed E-state index contributed by atoms with van der Waals surface area (Å²) in [6.45, 7) is 5.91. The van der Waals surface area contributed by atoms with Gasteiger partial charge >= 0.3 is 5.97 Å². The Balaban J connectivity index is 1.82. The zero-order chi connectivity index (χ0) is 23.8. The molecule has 7 heteroatoms. The summed E-state index contributed by atoms with van der Waals surface area (Å²) in [5.41, 5.74) is 2.77. The number of hydrogen-bond donors (Lipinski definition) is 1. The Morgan fingerprint density at radius 2 is 1.91 bits per heavy atom. The number of fused-ring (bicyclic) bond motifs is 1. The van der Waals surface area contributed by atoms with Gasteiger partial charge < -0.3 is 19.3 Å². The lowest BCUT2D eigenvalue weighted by Gasteiger charge is -2.16. The zero-order valence-corrected chi connectivity index (χ0v) is 20.1. The summed E-state index contributed by atoms with van der Waals surface area (Å²) in [5.74, 6) is -0.948. The SMILES string of the molecule is CCCCCC(O)c1nc2ccccc2nc1/C=C/[C@H]1OC(C)(C)O[C@H]1CCCC(=O)OC. The maximum Gasteiger partial charge on any atom is 0.305 e. The van der Waals surface area contributed by atoms with E-state index in [9.17, 15) is 9.90 Å². The summed E-state index contributed by atoms with van der Waals surface area (Å²) in [5, 5.41) is 10.9. The van der Waals surface area contributed by atoms with E-state index in [1.165, 1.54) is 7.11 Å². The molecule has 1 aromatic heterocycles. The highest BCUT2D eigenvalue weighted by Gasteiger charge is 2.39. The van der Waals surface area contributed by atoms with Gasteiger partial charge in [0.15, 0.2) is 5.79 Å². The van der Waals surface area contributed by atoms with Crippen LogP contribution in [-0.4, -0.2) is 46.1 Å². The highest BCUT2D eigenvalue weighted by Crippen LogP contribution is 2.32. The molecule has 1 fully saturated rings. The van der Waals surface area contributed by atoms with Crippen molar-refractivity contribution in [1.82, 2.24) is 9.97 Å². The maximum atomic E-state index is 11.5. The number of methoxy groups -OCH3 is 1. The molecule has 0 amide bonds. The summed E-state index contributed by atoms with van der Waals surface area (Å²) in [6.07, 6.45) is 8.05. The van der Waals surface area contributed by atoms with Gasteiger partial charge in [0.1, 0.15) is 6.10 Å². The molecule has 3 atom stereocenters. The third-order valence-corrected chi connectivity index (χ3v) is 5.79. The quantitative estimate of drug-likeness (QED) is 0.371. The third kappa shape index (κ3) is 7.06. The van der Waals surface area contributed by atoms with Gasteiger partial charge in [0.25, 0.3) is 0 Å². The maximum absolute atomic E-state index is 11.5. The van der Waals surface area contributed by atoms with Crippen LogP contribution in [0.1, 0.15) is 83.2 Å². The second-order valence-electron chi connectivity index (χ2n) is 8.96. The molecule has 180 valence electrons. The molecule has 3 rings (SSSR count). The predicted molar refractivity (Wildman–Crippen MR) is 127 cm³/mol. The highest BCUT2D eigenvalue weighted by atomic mass is 16.7.